The Hall–Kier alpha value is -0.0800. The maximum Gasteiger partial charge on any atom is 0.0592 e. The first-order valence-corrected chi connectivity index (χ1v) is 4.73. The van der Waals surface area contributed by atoms with Gasteiger partial charge in [-0.05, 0) is 25.3 Å². The normalized spacial score (nSPS) is 32.2. The van der Waals surface area contributed by atoms with Crippen molar-refractivity contribution in [2.75, 3.05) is 13.1 Å². The van der Waals surface area contributed by atoms with Crippen LogP contribution in [0.5, 0.6) is 0 Å². The molecule has 0 radical (unpaired) electrons. The van der Waals surface area contributed by atoms with Crippen LogP contribution in [0.2, 0.25) is 0 Å². The van der Waals surface area contributed by atoms with Crippen LogP contribution in [0.4, 0.5) is 0 Å². The summed E-state index contributed by atoms with van der Waals surface area (Å²) >= 11 is 0. The zero-order valence-electron chi connectivity index (χ0n) is 7.34. The molecule has 1 rings (SSSR count). The summed E-state index contributed by atoms with van der Waals surface area (Å²) in [5.41, 5.74) is 0. The monoisotopic (exact) mass is 157 g/mol. The van der Waals surface area contributed by atoms with E-state index < -0.39 is 0 Å². The molecule has 0 aromatic heterocycles. The molecular weight excluding hydrogens is 138 g/mol. The van der Waals surface area contributed by atoms with Gasteiger partial charge in [0.15, 0.2) is 0 Å². The molecule has 1 saturated heterocycles. The summed E-state index contributed by atoms with van der Waals surface area (Å²) in [5.74, 6) is 0.517. The van der Waals surface area contributed by atoms with E-state index in [9.17, 15) is 5.11 Å². The van der Waals surface area contributed by atoms with Crippen LogP contribution in [0, 0.1) is 5.92 Å². The Bertz CT molecular complexity index is 106. The number of nitrogens with one attached hydrogen (secondary N) is 1. The molecule has 1 heterocycles. The highest BCUT2D eigenvalue weighted by atomic mass is 16.3. The van der Waals surface area contributed by atoms with Crippen molar-refractivity contribution in [1.82, 2.24) is 5.32 Å². The van der Waals surface area contributed by atoms with Gasteiger partial charge >= 0.3 is 0 Å². The smallest absolute Gasteiger partial charge is 0.0592 e. The Morgan fingerprint density at radius 3 is 3.00 bits per heavy atom. The van der Waals surface area contributed by atoms with Gasteiger partial charge in [0, 0.05) is 6.54 Å². The fourth-order valence-corrected chi connectivity index (χ4v) is 1.67. The Morgan fingerprint density at radius 1 is 1.55 bits per heavy atom. The van der Waals surface area contributed by atoms with Crippen LogP contribution in [-0.4, -0.2) is 24.3 Å². The Kier molecular flexibility index (Phi) is 3.87. The topological polar surface area (TPSA) is 32.3 Å². The number of aliphatic hydroxyl groups is 1. The van der Waals surface area contributed by atoms with Crippen LogP contribution in [0.15, 0.2) is 0 Å². The van der Waals surface area contributed by atoms with Crippen LogP contribution < -0.4 is 5.32 Å². The predicted octanol–water partition coefficient (Wildman–Crippen LogP) is 1.15. The Morgan fingerprint density at radius 2 is 2.36 bits per heavy atom. The summed E-state index contributed by atoms with van der Waals surface area (Å²) in [7, 11) is 0. The minimum absolute atomic E-state index is 0.0391. The third-order valence-corrected chi connectivity index (χ3v) is 2.50. The molecule has 1 fully saturated rings. The average molecular weight is 157 g/mol. The number of piperidine rings is 1. The first-order valence-electron chi connectivity index (χ1n) is 4.73. The first kappa shape index (κ1) is 9.01. The molecule has 0 saturated carbocycles. The average Bonchev–Trinajstić information content (AvgIpc) is 2.03. The van der Waals surface area contributed by atoms with E-state index in [1.165, 1.54) is 19.3 Å². The van der Waals surface area contributed by atoms with E-state index in [4.69, 9.17) is 0 Å². The minimum Gasteiger partial charge on any atom is -0.393 e. The van der Waals surface area contributed by atoms with Gasteiger partial charge in [-0.15, -0.1) is 0 Å². The SMILES string of the molecule is CCCC[C@H]1CNCC[C@H]1O. The van der Waals surface area contributed by atoms with E-state index in [-0.39, 0.29) is 6.10 Å². The number of aliphatic hydroxyl groups excluding tert-OH is 1. The van der Waals surface area contributed by atoms with Gasteiger partial charge in [0.05, 0.1) is 6.10 Å². The maximum atomic E-state index is 9.56. The highest BCUT2D eigenvalue weighted by molar-refractivity contribution is 4.76. The number of hydrogen-bond acceptors (Lipinski definition) is 2. The molecule has 66 valence electrons. The lowest BCUT2D eigenvalue weighted by molar-refractivity contribution is 0.0734. The maximum absolute atomic E-state index is 9.56. The van der Waals surface area contributed by atoms with Gasteiger partial charge in [0.25, 0.3) is 0 Å². The molecule has 2 atom stereocenters. The standard InChI is InChI=1S/C9H19NO/c1-2-3-4-8-7-10-6-5-9(8)11/h8-11H,2-7H2,1H3/t8-,9+/m0/s1. The molecule has 1 aliphatic heterocycles. The molecule has 0 spiro atoms. The summed E-state index contributed by atoms with van der Waals surface area (Å²) in [4.78, 5) is 0. The molecule has 2 nitrogen and oxygen atoms in total. The summed E-state index contributed by atoms with van der Waals surface area (Å²) < 4.78 is 0. The molecule has 0 aliphatic carbocycles. The van der Waals surface area contributed by atoms with Crippen molar-refractivity contribution >= 4 is 0 Å². The van der Waals surface area contributed by atoms with Crippen LogP contribution >= 0.6 is 0 Å². The van der Waals surface area contributed by atoms with Gasteiger partial charge in [-0.3, -0.25) is 0 Å². The van der Waals surface area contributed by atoms with Crippen molar-refractivity contribution < 1.29 is 5.11 Å². The number of hydrogen-bond donors (Lipinski definition) is 2. The molecule has 0 aromatic rings. The Balaban J connectivity index is 2.18. The second-order valence-electron chi connectivity index (χ2n) is 3.46. The highest BCUT2D eigenvalue weighted by Crippen LogP contribution is 2.17. The zero-order chi connectivity index (χ0) is 8.10. The molecule has 2 N–H and O–H groups in total. The van der Waals surface area contributed by atoms with Gasteiger partial charge in [-0.25, -0.2) is 0 Å². The molecule has 11 heavy (non-hydrogen) atoms. The van der Waals surface area contributed by atoms with Crippen molar-refractivity contribution in [3.63, 3.8) is 0 Å². The first-order chi connectivity index (χ1) is 5.34. The lowest BCUT2D eigenvalue weighted by Crippen LogP contribution is -2.39. The van der Waals surface area contributed by atoms with E-state index in [0.29, 0.717) is 5.92 Å². The van der Waals surface area contributed by atoms with E-state index in [1.54, 1.807) is 0 Å². The van der Waals surface area contributed by atoms with E-state index in [0.717, 1.165) is 19.5 Å². The second kappa shape index (κ2) is 4.73. The fourth-order valence-electron chi connectivity index (χ4n) is 1.67. The van der Waals surface area contributed by atoms with Gasteiger partial charge in [-0.1, -0.05) is 19.8 Å². The van der Waals surface area contributed by atoms with Crippen molar-refractivity contribution in [3.8, 4) is 0 Å². The summed E-state index contributed by atoms with van der Waals surface area (Å²) in [6, 6.07) is 0. The third-order valence-electron chi connectivity index (χ3n) is 2.50. The van der Waals surface area contributed by atoms with Crippen LogP contribution in [0.25, 0.3) is 0 Å². The number of unbranched alkanes of at least 4 members (excludes halogenated alkanes) is 1. The molecule has 0 bridgehead atoms. The molecule has 0 amide bonds. The minimum atomic E-state index is -0.0391. The predicted molar refractivity (Wildman–Crippen MR) is 46.5 cm³/mol. The van der Waals surface area contributed by atoms with Crippen molar-refractivity contribution in [2.24, 2.45) is 5.92 Å². The molecule has 1 aliphatic rings. The van der Waals surface area contributed by atoms with Gasteiger partial charge in [0.2, 0.25) is 0 Å². The second-order valence-corrected chi connectivity index (χ2v) is 3.46. The van der Waals surface area contributed by atoms with E-state index in [1.807, 2.05) is 0 Å². The van der Waals surface area contributed by atoms with Crippen molar-refractivity contribution in [2.45, 2.75) is 38.7 Å². The lowest BCUT2D eigenvalue weighted by Gasteiger charge is -2.28. The summed E-state index contributed by atoms with van der Waals surface area (Å²) in [6.45, 7) is 4.20. The highest BCUT2D eigenvalue weighted by Gasteiger charge is 2.21. The quantitative estimate of drug-likeness (QED) is 0.644. The fraction of sp³-hybridized carbons (Fsp3) is 1.00. The van der Waals surface area contributed by atoms with Gasteiger partial charge in [-0.2, -0.15) is 0 Å². The van der Waals surface area contributed by atoms with E-state index in [2.05, 4.69) is 12.2 Å². The third kappa shape index (κ3) is 2.80. The number of rotatable bonds is 3. The summed E-state index contributed by atoms with van der Waals surface area (Å²) in [5, 5.41) is 12.9. The zero-order valence-corrected chi connectivity index (χ0v) is 7.34. The van der Waals surface area contributed by atoms with Gasteiger partial charge in [0.1, 0.15) is 0 Å². The van der Waals surface area contributed by atoms with E-state index >= 15 is 0 Å². The van der Waals surface area contributed by atoms with Crippen LogP contribution in [-0.2, 0) is 0 Å². The molecule has 2 heteroatoms. The van der Waals surface area contributed by atoms with Crippen molar-refractivity contribution in [3.05, 3.63) is 0 Å². The van der Waals surface area contributed by atoms with Gasteiger partial charge < -0.3 is 10.4 Å². The van der Waals surface area contributed by atoms with Crippen LogP contribution in [0.3, 0.4) is 0 Å². The summed E-state index contributed by atoms with van der Waals surface area (Å²) in [6.07, 6.45) is 4.58. The molecular formula is C9H19NO. The van der Waals surface area contributed by atoms with Crippen LogP contribution in [0.1, 0.15) is 32.6 Å². The van der Waals surface area contributed by atoms with Crippen molar-refractivity contribution in [1.29, 1.82) is 0 Å². The molecule has 0 aromatic carbocycles. The largest absolute Gasteiger partial charge is 0.393 e. The lowest BCUT2D eigenvalue weighted by atomic mass is 9.91. The Labute approximate surface area is 69.0 Å². The molecule has 0 unspecified atom stereocenters.